The van der Waals surface area contributed by atoms with Gasteiger partial charge in [0, 0.05) is 0 Å². The Hall–Kier alpha value is -2.62. The van der Waals surface area contributed by atoms with Gasteiger partial charge in [-0.3, -0.25) is 0 Å². The molecule has 3 aromatic heterocycles. The van der Waals surface area contributed by atoms with Gasteiger partial charge >= 0.3 is 0 Å². The van der Waals surface area contributed by atoms with Crippen LogP contribution in [0.2, 0.25) is 0 Å². The van der Waals surface area contributed by atoms with Gasteiger partial charge in [0.2, 0.25) is 0 Å². The summed E-state index contributed by atoms with van der Waals surface area (Å²) in [6, 6.07) is 0. The molecule has 0 saturated carbocycles. The van der Waals surface area contributed by atoms with E-state index in [0.29, 0.717) is 20.0 Å². The number of aromatic nitrogens is 9. The molecule has 0 spiro atoms. The number of fused-ring (bicyclic) bond motifs is 3. The Labute approximate surface area is 219 Å². The molecule has 0 saturated heterocycles. The topological polar surface area (TPSA) is 95.4 Å². The van der Waals surface area contributed by atoms with Crippen LogP contribution in [0, 0.1) is 0 Å². The Kier molecular flexibility index (Phi) is 7.90. The number of rotatable bonds is 6. The lowest BCUT2D eigenvalue weighted by Crippen LogP contribution is -2.33. The molecule has 0 amide bonds. The van der Waals surface area contributed by atoms with Crippen molar-refractivity contribution in [2.24, 2.45) is 0 Å². The molecule has 3 aliphatic rings. The zero-order valence-electron chi connectivity index (χ0n) is 22.3. The predicted molar refractivity (Wildman–Crippen MR) is 140 cm³/mol. The lowest BCUT2D eigenvalue weighted by Gasteiger charge is -2.20. The second-order valence-electron chi connectivity index (χ2n) is 11.2. The maximum Gasteiger partial charge on any atom is 0.116 e. The highest BCUT2D eigenvalue weighted by atomic mass is 15.6. The molecule has 0 fully saturated rings. The minimum absolute atomic E-state index is 0.575. The number of aryl methyl sites for hydroxylation is 6. The first-order chi connectivity index (χ1) is 18.3. The Morgan fingerprint density at radius 3 is 0.784 bits per heavy atom. The van der Waals surface area contributed by atoms with Crippen LogP contribution in [0.3, 0.4) is 0 Å². The fourth-order valence-electron chi connectivity index (χ4n) is 6.09. The van der Waals surface area contributed by atoms with Crippen molar-refractivity contribution in [1.82, 2.24) is 49.9 Å². The molecule has 37 heavy (non-hydrogen) atoms. The minimum Gasteiger partial charge on any atom is -0.240 e. The predicted octanol–water partition coefficient (Wildman–Crippen LogP) is 4.01. The summed E-state index contributed by atoms with van der Waals surface area (Å²) in [6.07, 6.45) is 21.3. The Bertz CT molecular complexity index is 939. The molecule has 3 aromatic rings. The first-order valence-electron chi connectivity index (χ1n) is 14.8. The van der Waals surface area contributed by atoms with Crippen LogP contribution in [0.15, 0.2) is 0 Å². The molecule has 0 N–H and O–H groups in total. The number of hydrogen-bond acceptors (Lipinski definition) is 7. The fraction of sp³-hybridized carbons (Fsp3) is 0.778. The molecule has 200 valence electrons. The van der Waals surface area contributed by atoms with E-state index >= 15 is 0 Å². The summed E-state index contributed by atoms with van der Waals surface area (Å²) >= 11 is 0. The van der Waals surface area contributed by atoms with Crippen LogP contribution in [0.1, 0.15) is 111 Å². The monoisotopic (exact) mass is 506 g/mol. The first kappa shape index (κ1) is 24.7. The molecular formula is C27H42N10. The van der Waals surface area contributed by atoms with Gasteiger partial charge in [-0.25, -0.2) is 4.90 Å². The van der Waals surface area contributed by atoms with Crippen molar-refractivity contribution in [2.45, 2.75) is 136 Å². The molecule has 0 aromatic carbocycles. The van der Waals surface area contributed by atoms with E-state index in [2.05, 4.69) is 4.90 Å². The summed E-state index contributed by atoms with van der Waals surface area (Å²) in [7, 11) is 0. The van der Waals surface area contributed by atoms with Gasteiger partial charge in [-0.1, -0.05) is 38.5 Å². The van der Waals surface area contributed by atoms with Crippen LogP contribution in [0.25, 0.3) is 0 Å². The highest BCUT2D eigenvalue weighted by Crippen LogP contribution is 2.20. The van der Waals surface area contributed by atoms with Crippen molar-refractivity contribution in [3.63, 3.8) is 0 Å². The summed E-state index contributed by atoms with van der Waals surface area (Å²) < 4.78 is 0. The van der Waals surface area contributed by atoms with Crippen LogP contribution < -0.4 is 0 Å². The largest absolute Gasteiger partial charge is 0.240 e. The van der Waals surface area contributed by atoms with Crippen LogP contribution in [-0.2, 0) is 58.5 Å². The summed E-state index contributed by atoms with van der Waals surface area (Å²) in [5.41, 5.74) is 7.08. The Balaban J connectivity index is 1.23. The summed E-state index contributed by atoms with van der Waals surface area (Å²) in [6.45, 7) is 1.72. The average molecular weight is 507 g/mol. The molecule has 10 heteroatoms. The standard InChI is InChI=1S/C27H42N10/c1-2-8-14-23-22(13-7-1)28-35(29-23)19-34(20-36-30-24-15-9-3-4-10-16-25(24)31-36)21-37-32-26-17-11-5-6-12-18-27(26)33-37/h1-21H2. The SMILES string of the molecule is C1CCCc2nn(CN(Cn3nc4c(n3)CCCCCC4)Cn3nc4c(n3)CCCCCC4)nc2CC1. The van der Waals surface area contributed by atoms with Crippen molar-refractivity contribution in [3.05, 3.63) is 34.2 Å². The lowest BCUT2D eigenvalue weighted by molar-refractivity contribution is 0.0835. The third-order valence-corrected chi connectivity index (χ3v) is 8.13. The van der Waals surface area contributed by atoms with E-state index in [0.717, 1.165) is 38.5 Å². The van der Waals surface area contributed by atoms with Gasteiger partial charge in [0.25, 0.3) is 0 Å². The summed E-state index contributed by atoms with van der Waals surface area (Å²) in [5, 5.41) is 29.5. The van der Waals surface area contributed by atoms with E-state index in [4.69, 9.17) is 30.6 Å². The van der Waals surface area contributed by atoms with Crippen molar-refractivity contribution in [2.75, 3.05) is 0 Å². The van der Waals surface area contributed by atoms with Gasteiger partial charge in [0.05, 0.1) is 34.2 Å². The van der Waals surface area contributed by atoms with Crippen LogP contribution in [0.4, 0.5) is 0 Å². The molecule has 6 rings (SSSR count). The zero-order valence-corrected chi connectivity index (χ0v) is 22.3. The quantitative estimate of drug-likeness (QED) is 0.498. The van der Waals surface area contributed by atoms with Crippen molar-refractivity contribution >= 4 is 0 Å². The van der Waals surface area contributed by atoms with Crippen molar-refractivity contribution in [3.8, 4) is 0 Å². The molecular weight excluding hydrogens is 464 g/mol. The maximum atomic E-state index is 4.92. The molecule has 10 nitrogen and oxygen atoms in total. The van der Waals surface area contributed by atoms with Gasteiger partial charge in [0.1, 0.15) is 20.0 Å². The van der Waals surface area contributed by atoms with Crippen molar-refractivity contribution < 1.29 is 0 Å². The molecule has 3 heterocycles. The maximum absolute atomic E-state index is 4.92. The number of hydrogen-bond donors (Lipinski definition) is 0. The van der Waals surface area contributed by atoms with Gasteiger partial charge in [-0.2, -0.15) is 45.0 Å². The molecule has 0 bridgehead atoms. The van der Waals surface area contributed by atoms with Gasteiger partial charge < -0.3 is 0 Å². The van der Waals surface area contributed by atoms with Crippen LogP contribution in [-0.4, -0.2) is 49.9 Å². The Morgan fingerprint density at radius 1 is 0.351 bits per heavy atom. The van der Waals surface area contributed by atoms with E-state index in [1.165, 1.54) is 111 Å². The second-order valence-corrected chi connectivity index (χ2v) is 11.2. The fourth-order valence-corrected chi connectivity index (χ4v) is 6.09. The third kappa shape index (κ3) is 6.27. The average Bonchev–Trinajstić information content (AvgIpc) is 3.51. The normalized spacial score (nSPS) is 19.1. The van der Waals surface area contributed by atoms with Crippen LogP contribution in [0.5, 0.6) is 0 Å². The summed E-state index contributed by atoms with van der Waals surface area (Å²) in [4.78, 5) is 7.92. The first-order valence-corrected chi connectivity index (χ1v) is 14.8. The van der Waals surface area contributed by atoms with Crippen LogP contribution >= 0.6 is 0 Å². The van der Waals surface area contributed by atoms with E-state index in [1.54, 1.807) is 0 Å². The smallest absolute Gasteiger partial charge is 0.116 e. The molecule has 3 aliphatic carbocycles. The van der Waals surface area contributed by atoms with Gasteiger partial charge in [-0.15, -0.1) is 0 Å². The highest BCUT2D eigenvalue weighted by molar-refractivity contribution is 5.11. The van der Waals surface area contributed by atoms with Crippen molar-refractivity contribution in [1.29, 1.82) is 0 Å². The van der Waals surface area contributed by atoms with E-state index in [1.807, 2.05) is 14.4 Å². The lowest BCUT2D eigenvalue weighted by atomic mass is 10.0. The molecule has 0 atom stereocenters. The van der Waals surface area contributed by atoms with E-state index in [-0.39, 0.29) is 0 Å². The third-order valence-electron chi connectivity index (χ3n) is 8.13. The molecule has 0 aliphatic heterocycles. The van der Waals surface area contributed by atoms with Gasteiger partial charge in [-0.05, 0) is 77.0 Å². The van der Waals surface area contributed by atoms with Gasteiger partial charge in [0.15, 0.2) is 0 Å². The van der Waals surface area contributed by atoms with E-state index < -0.39 is 0 Å². The summed E-state index contributed by atoms with van der Waals surface area (Å²) in [5.74, 6) is 0. The molecule has 0 radical (unpaired) electrons. The Morgan fingerprint density at radius 2 is 0.568 bits per heavy atom. The molecule has 0 unspecified atom stereocenters. The second kappa shape index (κ2) is 11.8. The highest BCUT2D eigenvalue weighted by Gasteiger charge is 2.20. The van der Waals surface area contributed by atoms with E-state index in [9.17, 15) is 0 Å². The minimum atomic E-state index is 0.575. The zero-order chi connectivity index (χ0) is 24.9. The number of nitrogens with zero attached hydrogens (tertiary/aromatic N) is 10.